The van der Waals surface area contributed by atoms with Crippen LogP contribution in [0.1, 0.15) is 126 Å². The molecule has 0 saturated heterocycles. The molecule has 2 aliphatic carbocycles. The number of hydrogen-bond acceptors (Lipinski definition) is 3. The average Bonchev–Trinajstić information content (AvgIpc) is 2.78. The van der Waals surface area contributed by atoms with Gasteiger partial charge in [-0.05, 0) is 98.7 Å². The van der Waals surface area contributed by atoms with E-state index in [2.05, 4.69) is 55.4 Å². The quantitative estimate of drug-likeness (QED) is 0.256. The molecule has 34 heavy (non-hydrogen) atoms. The molecule has 3 nitrogen and oxygen atoms in total. The van der Waals surface area contributed by atoms with E-state index in [4.69, 9.17) is 18.0 Å². The molecule has 0 bridgehead atoms. The lowest BCUT2D eigenvalue weighted by atomic mass is 9.43. The van der Waals surface area contributed by atoms with E-state index in [0.29, 0.717) is 17.8 Å². The lowest BCUT2D eigenvalue weighted by molar-refractivity contribution is -0.111. The van der Waals surface area contributed by atoms with Crippen LogP contribution in [0, 0.1) is 40.9 Å². The maximum absolute atomic E-state index is 10.4. The first-order valence-corrected chi connectivity index (χ1v) is 14.8. The second-order valence-electron chi connectivity index (χ2n) is 13.1. The molecule has 3 heteroatoms. The highest BCUT2D eigenvalue weighted by Gasteiger charge is 2.64. The van der Waals surface area contributed by atoms with Gasteiger partial charge in [-0.2, -0.15) is 0 Å². The molecule has 2 saturated carbocycles. The fraction of sp³-hybridized carbons (Fsp3) is 0.935. The Balaban J connectivity index is 2.29. The third-order valence-electron chi connectivity index (χ3n) is 11.2. The summed E-state index contributed by atoms with van der Waals surface area (Å²) in [5.74, 6) is 3.32. The van der Waals surface area contributed by atoms with Crippen molar-refractivity contribution in [1.82, 2.24) is 0 Å². The van der Waals surface area contributed by atoms with Crippen LogP contribution in [0.25, 0.3) is 0 Å². The molecule has 5 N–H and O–H groups in total. The summed E-state index contributed by atoms with van der Waals surface area (Å²) in [4.78, 5) is 0. The van der Waals surface area contributed by atoms with Gasteiger partial charge in [-0.15, -0.1) is 0 Å². The molecule has 0 aromatic heterocycles. The van der Waals surface area contributed by atoms with Crippen molar-refractivity contribution in [2.24, 2.45) is 52.4 Å². The minimum atomic E-state index is -0.454. The molecule has 0 radical (unpaired) electrons. The fourth-order valence-electron chi connectivity index (χ4n) is 8.45. The first-order chi connectivity index (χ1) is 15.8. The molecule has 0 aromatic rings. The van der Waals surface area contributed by atoms with Crippen LogP contribution in [0.2, 0.25) is 0 Å². The standard InChI is InChI=1S/C31H60N2O/c1-10-17-31(33)29(9)18-16-27(34)20-26(29)15-19-30(31,32)24(8)23(7)28(12-3)22(6)13-14-25(11-2)21(4)5/h21-22,24-28,34H,7,10-20,32-33H2,1-6,8-9H3/t22-,24-,25-,26?,27+,28-,29+,30-,31+/m1/s1. The Hall–Kier alpha value is -0.380. The summed E-state index contributed by atoms with van der Waals surface area (Å²) in [6.07, 6.45) is 11.5. The van der Waals surface area contributed by atoms with E-state index in [1.54, 1.807) is 0 Å². The second-order valence-corrected chi connectivity index (χ2v) is 13.1. The monoisotopic (exact) mass is 476 g/mol. The first-order valence-electron chi connectivity index (χ1n) is 14.8. The smallest absolute Gasteiger partial charge is 0.0543 e. The molecular formula is C31H60N2O. The van der Waals surface area contributed by atoms with Crippen molar-refractivity contribution < 1.29 is 5.11 Å². The summed E-state index contributed by atoms with van der Waals surface area (Å²) in [5, 5.41) is 10.4. The minimum absolute atomic E-state index is 0.0251. The number of fused-ring (bicyclic) bond motifs is 1. The molecule has 0 aliphatic heterocycles. The summed E-state index contributed by atoms with van der Waals surface area (Å²) < 4.78 is 0. The highest BCUT2D eigenvalue weighted by Crippen LogP contribution is 2.61. The maximum Gasteiger partial charge on any atom is 0.0543 e. The van der Waals surface area contributed by atoms with E-state index in [1.807, 2.05) is 0 Å². The second kappa shape index (κ2) is 11.8. The van der Waals surface area contributed by atoms with Gasteiger partial charge in [0.1, 0.15) is 0 Å². The minimum Gasteiger partial charge on any atom is -0.393 e. The lowest BCUT2D eigenvalue weighted by Crippen LogP contribution is -2.79. The van der Waals surface area contributed by atoms with Crippen molar-refractivity contribution in [2.75, 3.05) is 0 Å². The molecule has 2 aliphatic rings. The van der Waals surface area contributed by atoms with Gasteiger partial charge in [0.05, 0.1) is 6.10 Å². The van der Waals surface area contributed by atoms with Crippen molar-refractivity contribution in [3.05, 3.63) is 12.2 Å². The fourth-order valence-corrected chi connectivity index (χ4v) is 8.45. The van der Waals surface area contributed by atoms with Gasteiger partial charge in [-0.1, -0.05) is 80.4 Å². The summed E-state index contributed by atoms with van der Waals surface area (Å²) in [6, 6.07) is 0. The van der Waals surface area contributed by atoms with Gasteiger partial charge in [0, 0.05) is 11.1 Å². The molecule has 2 rings (SSSR count). The first kappa shape index (κ1) is 29.8. The van der Waals surface area contributed by atoms with Crippen molar-refractivity contribution in [3.8, 4) is 0 Å². The molecule has 0 heterocycles. The summed E-state index contributed by atoms with van der Waals surface area (Å²) in [5.41, 5.74) is 15.5. The van der Waals surface area contributed by atoms with Crippen LogP contribution in [0.5, 0.6) is 0 Å². The Morgan fingerprint density at radius 2 is 1.65 bits per heavy atom. The van der Waals surface area contributed by atoms with E-state index < -0.39 is 11.1 Å². The Morgan fingerprint density at radius 3 is 2.18 bits per heavy atom. The highest BCUT2D eigenvalue weighted by atomic mass is 16.3. The van der Waals surface area contributed by atoms with Crippen molar-refractivity contribution in [3.63, 3.8) is 0 Å². The van der Waals surface area contributed by atoms with Crippen LogP contribution in [0.15, 0.2) is 12.2 Å². The predicted molar refractivity (Wildman–Crippen MR) is 149 cm³/mol. The highest BCUT2D eigenvalue weighted by molar-refractivity contribution is 5.27. The molecule has 200 valence electrons. The largest absolute Gasteiger partial charge is 0.393 e. The maximum atomic E-state index is 10.4. The SMILES string of the molecule is C=C([C@@H](C)[C@]1(N)CCC2C[C@@H](O)CC[C@]2(C)[C@@]1(N)CCC)[C@H](CC)[C@H](C)CC[C@@H](CC)C(C)C. The third kappa shape index (κ3) is 5.32. The molecule has 1 unspecified atom stereocenters. The van der Waals surface area contributed by atoms with Gasteiger partial charge in [0.2, 0.25) is 0 Å². The van der Waals surface area contributed by atoms with Crippen molar-refractivity contribution in [2.45, 2.75) is 143 Å². The summed E-state index contributed by atoms with van der Waals surface area (Å²) in [7, 11) is 0. The Bertz CT molecular complexity index is 662. The summed E-state index contributed by atoms with van der Waals surface area (Å²) >= 11 is 0. The zero-order valence-electron chi connectivity index (χ0n) is 24.1. The number of aliphatic hydroxyl groups is 1. The zero-order chi connectivity index (χ0) is 25.9. The van der Waals surface area contributed by atoms with Gasteiger partial charge in [0.15, 0.2) is 0 Å². The number of aliphatic hydroxyl groups excluding tert-OH is 1. The van der Waals surface area contributed by atoms with Crippen molar-refractivity contribution >= 4 is 0 Å². The normalized spacial score (nSPS) is 37.6. The zero-order valence-corrected chi connectivity index (χ0v) is 24.1. The van der Waals surface area contributed by atoms with Gasteiger partial charge < -0.3 is 16.6 Å². The van der Waals surface area contributed by atoms with Crippen LogP contribution in [-0.2, 0) is 0 Å². The van der Waals surface area contributed by atoms with Crippen LogP contribution < -0.4 is 11.5 Å². The van der Waals surface area contributed by atoms with Crippen LogP contribution in [-0.4, -0.2) is 22.3 Å². The average molecular weight is 477 g/mol. The Morgan fingerprint density at radius 1 is 1.00 bits per heavy atom. The van der Waals surface area contributed by atoms with Gasteiger partial charge in [-0.3, -0.25) is 0 Å². The molecule has 0 spiro atoms. The molecular weight excluding hydrogens is 416 g/mol. The molecule has 2 fully saturated rings. The Kier molecular flexibility index (Phi) is 10.3. The van der Waals surface area contributed by atoms with Crippen LogP contribution in [0.4, 0.5) is 0 Å². The van der Waals surface area contributed by atoms with E-state index >= 15 is 0 Å². The number of rotatable bonds is 12. The molecule has 0 amide bonds. The van der Waals surface area contributed by atoms with Gasteiger partial charge in [0.25, 0.3) is 0 Å². The van der Waals surface area contributed by atoms with E-state index in [9.17, 15) is 5.11 Å². The lowest BCUT2D eigenvalue weighted by Gasteiger charge is -2.66. The predicted octanol–water partition coefficient (Wildman–Crippen LogP) is 7.46. The number of nitrogens with two attached hydrogens (primary N) is 2. The van der Waals surface area contributed by atoms with Gasteiger partial charge >= 0.3 is 0 Å². The van der Waals surface area contributed by atoms with E-state index in [1.165, 1.54) is 24.8 Å². The van der Waals surface area contributed by atoms with Crippen LogP contribution >= 0.6 is 0 Å². The third-order valence-corrected chi connectivity index (χ3v) is 11.2. The Labute approximate surface area is 212 Å². The topological polar surface area (TPSA) is 72.3 Å². The summed E-state index contributed by atoms with van der Waals surface area (Å²) in [6.45, 7) is 23.5. The van der Waals surface area contributed by atoms with Crippen molar-refractivity contribution in [1.29, 1.82) is 0 Å². The van der Waals surface area contributed by atoms with E-state index in [0.717, 1.165) is 63.2 Å². The number of hydrogen-bond donors (Lipinski definition) is 3. The van der Waals surface area contributed by atoms with Crippen LogP contribution in [0.3, 0.4) is 0 Å². The van der Waals surface area contributed by atoms with Gasteiger partial charge in [-0.25, -0.2) is 0 Å². The molecule has 9 atom stereocenters. The van der Waals surface area contributed by atoms with E-state index in [-0.39, 0.29) is 17.4 Å². The molecule has 0 aromatic carbocycles.